The molecule has 2 nitrogen and oxygen atoms in total. The van der Waals surface area contributed by atoms with E-state index in [1.54, 1.807) is 0 Å². The van der Waals surface area contributed by atoms with Crippen molar-refractivity contribution in [2.24, 2.45) is 0 Å². The number of unbranched alkanes of at least 4 members (excludes halogenated alkanes) is 1. The Labute approximate surface area is 90.9 Å². The molecule has 1 aliphatic carbocycles. The van der Waals surface area contributed by atoms with Gasteiger partial charge in [-0.3, -0.25) is 0 Å². The molecule has 0 fully saturated rings. The van der Waals surface area contributed by atoms with Gasteiger partial charge in [0.1, 0.15) is 5.75 Å². The Bertz CT molecular complexity index is 320. The lowest BCUT2D eigenvalue weighted by Gasteiger charge is -2.07. The fourth-order valence-corrected chi connectivity index (χ4v) is 2.04. The van der Waals surface area contributed by atoms with E-state index < -0.39 is 0 Å². The van der Waals surface area contributed by atoms with E-state index in [-0.39, 0.29) is 6.61 Å². The number of aliphatic hydroxyl groups is 1. The first-order valence-electron chi connectivity index (χ1n) is 5.75. The monoisotopic (exact) mass is 206 g/mol. The lowest BCUT2D eigenvalue weighted by molar-refractivity contribution is 0.253. The molecule has 1 aromatic carbocycles. The number of aryl methyl sites for hydroxylation is 2. The molecule has 0 aliphatic heterocycles. The van der Waals surface area contributed by atoms with Crippen LogP contribution in [0.15, 0.2) is 18.2 Å². The smallest absolute Gasteiger partial charge is 0.119 e. The highest BCUT2D eigenvalue weighted by atomic mass is 16.5. The predicted molar refractivity (Wildman–Crippen MR) is 60.3 cm³/mol. The number of rotatable bonds is 5. The van der Waals surface area contributed by atoms with Crippen LogP contribution in [0.5, 0.6) is 5.75 Å². The van der Waals surface area contributed by atoms with Crippen molar-refractivity contribution < 1.29 is 9.84 Å². The summed E-state index contributed by atoms with van der Waals surface area (Å²) in [6.07, 6.45) is 5.45. The van der Waals surface area contributed by atoms with E-state index in [4.69, 9.17) is 9.84 Å². The highest BCUT2D eigenvalue weighted by Crippen LogP contribution is 2.25. The van der Waals surface area contributed by atoms with Crippen molar-refractivity contribution in [1.29, 1.82) is 0 Å². The van der Waals surface area contributed by atoms with Gasteiger partial charge in [0.05, 0.1) is 6.61 Å². The molecule has 0 spiro atoms. The largest absolute Gasteiger partial charge is 0.494 e. The van der Waals surface area contributed by atoms with E-state index >= 15 is 0 Å². The van der Waals surface area contributed by atoms with Gasteiger partial charge in [-0.25, -0.2) is 0 Å². The van der Waals surface area contributed by atoms with Gasteiger partial charge in [0, 0.05) is 6.61 Å². The second-order valence-electron chi connectivity index (χ2n) is 4.06. The molecule has 2 rings (SSSR count). The van der Waals surface area contributed by atoms with Crippen molar-refractivity contribution in [3.8, 4) is 5.75 Å². The summed E-state index contributed by atoms with van der Waals surface area (Å²) in [5.74, 6) is 0.980. The van der Waals surface area contributed by atoms with Crippen molar-refractivity contribution in [1.82, 2.24) is 0 Å². The van der Waals surface area contributed by atoms with Crippen LogP contribution in [-0.2, 0) is 12.8 Å². The van der Waals surface area contributed by atoms with E-state index in [0.29, 0.717) is 6.61 Å². The highest BCUT2D eigenvalue weighted by Gasteiger charge is 2.10. The SMILES string of the molecule is OCCCCOc1ccc2c(c1)CCC2. The summed E-state index contributed by atoms with van der Waals surface area (Å²) in [5.41, 5.74) is 2.94. The second kappa shape index (κ2) is 5.17. The van der Waals surface area contributed by atoms with Gasteiger partial charge in [-0.1, -0.05) is 6.07 Å². The maximum Gasteiger partial charge on any atom is 0.119 e. The Morgan fingerprint density at radius 1 is 1.13 bits per heavy atom. The summed E-state index contributed by atoms with van der Waals surface area (Å²) < 4.78 is 5.62. The first kappa shape index (κ1) is 10.5. The Balaban J connectivity index is 1.87. The number of benzene rings is 1. The molecular weight excluding hydrogens is 188 g/mol. The molecule has 0 saturated carbocycles. The van der Waals surface area contributed by atoms with Gasteiger partial charge >= 0.3 is 0 Å². The van der Waals surface area contributed by atoms with E-state index in [1.165, 1.54) is 30.4 Å². The minimum Gasteiger partial charge on any atom is -0.494 e. The van der Waals surface area contributed by atoms with Crippen LogP contribution >= 0.6 is 0 Å². The van der Waals surface area contributed by atoms with Gasteiger partial charge in [0.25, 0.3) is 0 Å². The molecular formula is C13H18O2. The van der Waals surface area contributed by atoms with Crippen LogP contribution in [0.3, 0.4) is 0 Å². The van der Waals surface area contributed by atoms with Crippen molar-refractivity contribution in [2.45, 2.75) is 32.1 Å². The molecule has 1 aromatic rings. The third-order valence-corrected chi connectivity index (χ3v) is 2.89. The number of hydrogen-bond acceptors (Lipinski definition) is 2. The molecule has 0 bridgehead atoms. The second-order valence-corrected chi connectivity index (χ2v) is 4.06. The molecule has 0 amide bonds. The average Bonchev–Trinajstić information content (AvgIpc) is 2.71. The normalized spacial score (nSPS) is 13.9. The van der Waals surface area contributed by atoms with E-state index in [9.17, 15) is 0 Å². The molecule has 1 aliphatic rings. The maximum absolute atomic E-state index is 8.63. The lowest BCUT2D eigenvalue weighted by Crippen LogP contribution is -1.99. The zero-order valence-corrected chi connectivity index (χ0v) is 9.04. The molecule has 0 atom stereocenters. The summed E-state index contributed by atoms with van der Waals surface area (Å²) in [6.45, 7) is 0.965. The molecule has 0 aromatic heterocycles. The van der Waals surface area contributed by atoms with E-state index in [1.807, 2.05) is 0 Å². The van der Waals surface area contributed by atoms with Gasteiger partial charge in [-0.15, -0.1) is 0 Å². The first-order chi connectivity index (χ1) is 7.40. The summed E-state index contributed by atoms with van der Waals surface area (Å²) in [5, 5.41) is 8.63. The molecule has 2 heteroatoms. The fraction of sp³-hybridized carbons (Fsp3) is 0.538. The van der Waals surface area contributed by atoms with Crippen molar-refractivity contribution in [3.05, 3.63) is 29.3 Å². The Kier molecular flexibility index (Phi) is 3.62. The van der Waals surface area contributed by atoms with Crippen molar-refractivity contribution in [3.63, 3.8) is 0 Å². The third-order valence-electron chi connectivity index (χ3n) is 2.89. The van der Waals surface area contributed by atoms with Crippen LogP contribution in [0.4, 0.5) is 0 Å². The average molecular weight is 206 g/mol. The molecule has 0 radical (unpaired) electrons. The molecule has 82 valence electrons. The quantitative estimate of drug-likeness (QED) is 0.749. The summed E-state index contributed by atoms with van der Waals surface area (Å²) in [7, 11) is 0. The zero-order chi connectivity index (χ0) is 10.5. The van der Waals surface area contributed by atoms with Gasteiger partial charge in [0.2, 0.25) is 0 Å². The zero-order valence-electron chi connectivity index (χ0n) is 9.04. The number of hydrogen-bond donors (Lipinski definition) is 1. The topological polar surface area (TPSA) is 29.5 Å². The Morgan fingerprint density at radius 3 is 2.87 bits per heavy atom. The summed E-state index contributed by atoms with van der Waals surface area (Å²) in [4.78, 5) is 0. The highest BCUT2D eigenvalue weighted by molar-refractivity contribution is 5.38. The van der Waals surface area contributed by atoms with E-state index in [0.717, 1.165) is 18.6 Å². The van der Waals surface area contributed by atoms with Gasteiger partial charge in [-0.05, 0) is 55.4 Å². The Morgan fingerprint density at radius 2 is 2.00 bits per heavy atom. The number of aliphatic hydroxyl groups excluding tert-OH is 1. The Hall–Kier alpha value is -1.02. The fourth-order valence-electron chi connectivity index (χ4n) is 2.04. The summed E-state index contributed by atoms with van der Waals surface area (Å²) >= 11 is 0. The standard InChI is InChI=1S/C13H18O2/c14-8-1-2-9-15-13-7-6-11-4-3-5-12(11)10-13/h6-7,10,14H,1-5,8-9H2. The van der Waals surface area contributed by atoms with Crippen LogP contribution in [0.2, 0.25) is 0 Å². The minimum atomic E-state index is 0.257. The van der Waals surface area contributed by atoms with Crippen LogP contribution in [-0.4, -0.2) is 18.3 Å². The van der Waals surface area contributed by atoms with Gasteiger partial charge < -0.3 is 9.84 Å². The minimum absolute atomic E-state index is 0.257. The van der Waals surface area contributed by atoms with Crippen molar-refractivity contribution >= 4 is 0 Å². The molecule has 1 N–H and O–H groups in total. The molecule has 0 unspecified atom stereocenters. The van der Waals surface area contributed by atoms with Crippen LogP contribution in [0, 0.1) is 0 Å². The summed E-state index contributed by atoms with van der Waals surface area (Å²) in [6, 6.07) is 6.41. The number of ether oxygens (including phenoxy) is 1. The van der Waals surface area contributed by atoms with Gasteiger partial charge in [-0.2, -0.15) is 0 Å². The third kappa shape index (κ3) is 2.72. The van der Waals surface area contributed by atoms with Crippen LogP contribution in [0.25, 0.3) is 0 Å². The molecule has 0 heterocycles. The molecule has 0 saturated heterocycles. The van der Waals surface area contributed by atoms with Crippen molar-refractivity contribution in [2.75, 3.05) is 13.2 Å². The van der Waals surface area contributed by atoms with Crippen LogP contribution < -0.4 is 4.74 Å². The lowest BCUT2D eigenvalue weighted by atomic mass is 10.1. The molecule has 15 heavy (non-hydrogen) atoms. The first-order valence-corrected chi connectivity index (χ1v) is 5.75. The predicted octanol–water partition coefficient (Wildman–Crippen LogP) is 2.33. The number of fused-ring (bicyclic) bond motifs is 1. The van der Waals surface area contributed by atoms with Gasteiger partial charge in [0.15, 0.2) is 0 Å². The van der Waals surface area contributed by atoms with Crippen LogP contribution in [0.1, 0.15) is 30.4 Å². The maximum atomic E-state index is 8.63. The van der Waals surface area contributed by atoms with E-state index in [2.05, 4.69) is 18.2 Å².